The quantitative estimate of drug-likeness (QED) is 0.726. The van der Waals surface area contributed by atoms with E-state index in [1.807, 2.05) is 0 Å². The number of amides is 2. The smallest absolute Gasteiger partial charge is 0.321 e. The van der Waals surface area contributed by atoms with E-state index in [1.165, 1.54) is 16.8 Å². The summed E-state index contributed by atoms with van der Waals surface area (Å²) in [6.07, 6.45) is 1.89. The number of aliphatic carboxylic acids is 1. The molecule has 2 amide bonds. The number of urea groups is 1. The number of hydrogen-bond donors (Lipinski definition) is 3. The molecule has 17 heavy (non-hydrogen) atoms. The number of carbonyl (C=O) groups is 2. The van der Waals surface area contributed by atoms with Crippen molar-refractivity contribution in [2.24, 2.45) is 5.92 Å². The number of carboxylic acids is 1. The highest BCUT2D eigenvalue weighted by atomic mass is 32.1. The van der Waals surface area contributed by atoms with E-state index in [9.17, 15) is 9.59 Å². The monoisotopic (exact) mass is 256 g/mol. The van der Waals surface area contributed by atoms with Gasteiger partial charge in [-0.15, -0.1) is 10.2 Å². The molecule has 92 valence electrons. The molecule has 2 rings (SSSR count). The number of hydrogen-bond acceptors (Lipinski definition) is 5. The number of rotatable bonds is 5. The van der Waals surface area contributed by atoms with Crippen molar-refractivity contribution in [3.05, 3.63) is 5.51 Å². The lowest BCUT2D eigenvalue weighted by Crippen LogP contribution is -2.40. The molecule has 1 aromatic rings. The Morgan fingerprint density at radius 2 is 2.35 bits per heavy atom. The first kappa shape index (κ1) is 11.8. The van der Waals surface area contributed by atoms with Crippen molar-refractivity contribution in [2.75, 3.05) is 5.32 Å². The minimum Gasteiger partial charge on any atom is -0.481 e. The van der Waals surface area contributed by atoms with Gasteiger partial charge in [-0.2, -0.15) is 0 Å². The Balaban J connectivity index is 1.84. The van der Waals surface area contributed by atoms with Crippen molar-refractivity contribution in [1.29, 1.82) is 0 Å². The maximum atomic E-state index is 11.6. The maximum Gasteiger partial charge on any atom is 0.321 e. The van der Waals surface area contributed by atoms with Gasteiger partial charge in [-0.1, -0.05) is 11.3 Å². The molecule has 8 heteroatoms. The van der Waals surface area contributed by atoms with E-state index < -0.39 is 12.0 Å². The molecule has 0 spiro atoms. The van der Waals surface area contributed by atoms with Gasteiger partial charge >= 0.3 is 12.0 Å². The summed E-state index contributed by atoms with van der Waals surface area (Å²) in [5.74, 6) is -0.621. The van der Waals surface area contributed by atoms with Crippen LogP contribution in [-0.4, -0.2) is 33.3 Å². The first-order valence-corrected chi connectivity index (χ1v) is 6.08. The number of anilines is 1. The summed E-state index contributed by atoms with van der Waals surface area (Å²) in [5.41, 5.74) is 1.51. The van der Waals surface area contributed by atoms with E-state index in [1.54, 1.807) is 0 Å². The Morgan fingerprint density at radius 1 is 1.59 bits per heavy atom. The third-order valence-electron chi connectivity index (χ3n) is 2.48. The van der Waals surface area contributed by atoms with Gasteiger partial charge < -0.3 is 10.4 Å². The normalized spacial score (nSPS) is 16.2. The number of carbonyl (C=O) groups excluding carboxylic acids is 1. The molecule has 1 aromatic heterocycles. The van der Waals surface area contributed by atoms with Gasteiger partial charge in [-0.25, -0.2) is 4.79 Å². The fraction of sp³-hybridized carbons (Fsp3) is 0.556. The van der Waals surface area contributed by atoms with Crippen LogP contribution in [0.25, 0.3) is 0 Å². The number of aromatic nitrogens is 2. The van der Waals surface area contributed by atoms with Crippen LogP contribution in [0.2, 0.25) is 0 Å². The van der Waals surface area contributed by atoms with Crippen LogP contribution in [0.4, 0.5) is 9.93 Å². The summed E-state index contributed by atoms with van der Waals surface area (Å²) >= 11 is 1.21. The number of carboxylic acid groups (broad SMARTS) is 1. The van der Waals surface area contributed by atoms with Gasteiger partial charge in [0.2, 0.25) is 5.13 Å². The topological polar surface area (TPSA) is 104 Å². The summed E-state index contributed by atoms with van der Waals surface area (Å²) in [4.78, 5) is 22.2. The third kappa shape index (κ3) is 3.66. The summed E-state index contributed by atoms with van der Waals surface area (Å²) in [5, 5.41) is 21.5. The largest absolute Gasteiger partial charge is 0.481 e. The molecule has 1 aliphatic rings. The molecular weight excluding hydrogens is 244 g/mol. The molecule has 7 nitrogen and oxygen atoms in total. The Bertz CT molecular complexity index is 404. The molecule has 1 atom stereocenters. The highest BCUT2D eigenvalue weighted by Gasteiger charge is 2.33. The molecule has 1 unspecified atom stereocenters. The molecule has 0 bridgehead atoms. The molecule has 1 saturated carbocycles. The van der Waals surface area contributed by atoms with E-state index in [4.69, 9.17) is 5.11 Å². The van der Waals surface area contributed by atoms with Crippen LogP contribution >= 0.6 is 11.3 Å². The zero-order chi connectivity index (χ0) is 12.3. The molecule has 0 radical (unpaired) electrons. The van der Waals surface area contributed by atoms with Gasteiger partial charge in [-0.3, -0.25) is 10.1 Å². The van der Waals surface area contributed by atoms with Crippen LogP contribution in [-0.2, 0) is 4.79 Å². The van der Waals surface area contributed by atoms with Gasteiger partial charge in [0.05, 0.1) is 6.42 Å². The Morgan fingerprint density at radius 3 is 2.88 bits per heavy atom. The van der Waals surface area contributed by atoms with Crippen LogP contribution in [0.15, 0.2) is 5.51 Å². The van der Waals surface area contributed by atoms with Gasteiger partial charge in [0, 0.05) is 6.04 Å². The fourth-order valence-electron chi connectivity index (χ4n) is 1.55. The number of nitrogens with one attached hydrogen (secondary N) is 2. The second-order valence-corrected chi connectivity index (χ2v) is 4.72. The van der Waals surface area contributed by atoms with E-state index in [-0.39, 0.29) is 18.4 Å². The number of nitrogens with zero attached hydrogens (tertiary/aromatic N) is 2. The zero-order valence-corrected chi connectivity index (χ0v) is 9.74. The maximum absolute atomic E-state index is 11.6. The van der Waals surface area contributed by atoms with Crippen molar-refractivity contribution in [3.63, 3.8) is 0 Å². The van der Waals surface area contributed by atoms with Crippen LogP contribution in [0.3, 0.4) is 0 Å². The zero-order valence-electron chi connectivity index (χ0n) is 8.92. The van der Waals surface area contributed by atoms with Crippen molar-refractivity contribution < 1.29 is 14.7 Å². The van der Waals surface area contributed by atoms with Gasteiger partial charge in [0.25, 0.3) is 0 Å². The van der Waals surface area contributed by atoms with Crippen LogP contribution in [0.5, 0.6) is 0 Å². The molecule has 0 aliphatic heterocycles. The van der Waals surface area contributed by atoms with Crippen molar-refractivity contribution in [2.45, 2.75) is 25.3 Å². The fourth-order valence-corrected chi connectivity index (χ4v) is 1.99. The predicted molar refractivity (Wildman–Crippen MR) is 60.8 cm³/mol. The van der Waals surface area contributed by atoms with Gasteiger partial charge in [-0.05, 0) is 18.8 Å². The first-order valence-electron chi connectivity index (χ1n) is 5.20. The average molecular weight is 256 g/mol. The molecule has 3 N–H and O–H groups in total. The standard InChI is InChI=1S/C9H12N4O3S/c14-7(15)3-6(5-1-2-5)11-8(16)12-9-13-10-4-17-9/h4-6H,1-3H2,(H,14,15)(H2,11,12,13,16). The second kappa shape index (κ2) is 5.09. The molecule has 1 fully saturated rings. The Hall–Kier alpha value is -1.70. The molecule has 0 aromatic carbocycles. The summed E-state index contributed by atoms with van der Waals surface area (Å²) in [7, 11) is 0. The van der Waals surface area contributed by atoms with Crippen molar-refractivity contribution in [3.8, 4) is 0 Å². The summed E-state index contributed by atoms with van der Waals surface area (Å²) in [6, 6.07) is -0.736. The highest BCUT2D eigenvalue weighted by molar-refractivity contribution is 7.13. The first-order chi connectivity index (χ1) is 8.15. The minimum absolute atomic E-state index is 0.0474. The van der Waals surface area contributed by atoms with E-state index >= 15 is 0 Å². The van der Waals surface area contributed by atoms with Gasteiger partial charge in [0.15, 0.2) is 0 Å². The third-order valence-corrected chi connectivity index (χ3v) is 3.09. The molecule has 1 heterocycles. The van der Waals surface area contributed by atoms with E-state index in [0.717, 1.165) is 12.8 Å². The minimum atomic E-state index is -0.905. The highest BCUT2D eigenvalue weighted by Crippen LogP contribution is 2.34. The SMILES string of the molecule is O=C(O)CC(NC(=O)Nc1nncs1)C1CC1. The summed E-state index contributed by atoms with van der Waals surface area (Å²) < 4.78 is 0. The predicted octanol–water partition coefficient (Wildman–Crippen LogP) is 0.913. The van der Waals surface area contributed by atoms with E-state index in [2.05, 4.69) is 20.8 Å². The van der Waals surface area contributed by atoms with Crippen molar-refractivity contribution in [1.82, 2.24) is 15.5 Å². The van der Waals surface area contributed by atoms with Gasteiger partial charge in [0.1, 0.15) is 5.51 Å². The lowest BCUT2D eigenvalue weighted by Gasteiger charge is -2.15. The summed E-state index contributed by atoms with van der Waals surface area (Å²) in [6.45, 7) is 0. The average Bonchev–Trinajstić information content (AvgIpc) is 2.97. The lowest BCUT2D eigenvalue weighted by atomic mass is 10.1. The van der Waals surface area contributed by atoms with E-state index in [0.29, 0.717) is 5.13 Å². The second-order valence-electron chi connectivity index (χ2n) is 3.88. The Kier molecular flexibility index (Phi) is 3.52. The molecule has 0 saturated heterocycles. The van der Waals surface area contributed by atoms with Crippen LogP contribution in [0, 0.1) is 5.92 Å². The van der Waals surface area contributed by atoms with Crippen LogP contribution in [0.1, 0.15) is 19.3 Å². The molecule has 1 aliphatic carbocycles. The van der Waals surface area contributed by atoms with Crippen LogP contribution < -0.4 is 10.6 Å². The molecular formula is C9H12N4O3S. The lowest BCUT2D eigenvalue weighted by molar-refractivity contribution is -0.137. The Labute approximate surface area is 101 Å². The van der Waals surface area contributed by atoms with Crippen molar-refractivity contribution >= 4 is 28.5 Å².